The number of ether oxygens (including phenoxy) is 1. The Balaban J connectivity index is 1.48. The van der Waals surface area contributed by atoms with Gasteiger partial charge in [-0.1, -0.05) is 6.07 Å². The molecular weight excluding hydrogens is 326 g/mol. The average Bonchev–Trinajstić information content (AvgIpc) is 2.65. The van der Waals surface area contributed by atoms with E-state index in [1.165, 1.54) is 21.7 Å². The molecule has 0 bridgehead atoms. The molecule has 0 aromatic heterocycles. The molecule has 26 heavy (non-hydrogen) atoms. The van der Waals surface area contributed by atoms with Crippen molar-refractivity contribution in [3.63, 3.8) is 0 Å². The highest BCUT2D eigenvalue weighted by atomic mass is 16.5. The lowest BCUT2D eigenvalue weighted by Crippen LogP contribution is -3.15. The Bertz CT molecular complexity index is 750. The number of piperazine rings is 1. The van der Waals surface area contributed by atoms with Crippen LogP contribution in [0.1, 0.15) is 11.1 Å². The maximum atomic E-state index is 12.3. The topological polar surface area (TPSA) is 46.0 Å². The highest BCUT2D eigenvalue weighted by molar-refractivity contribution is 5.91. The molecular formula is C21H28N3O2+. The molecule has 1 fully saturated rings. The lowest BCUT2D eigenvalue weighted by atomic mass is 10.1. The summed E-state index contributed by atoms with van der Waals surface area (Å²) < 4.78 is 5.13. The fraction of sp³-hybridized carbons (Fsp3) is 0.381. The lowest BCUT2D eigenvalue weighted by Gasteiger charge is -2.33. The van der Waals surface area contributed by atoms with Crippen LogP contribution in [0.15, 0.2) is 42.5 Å². The van der Waals surface area contributed by atoms with E-state index in [-0.39, 0.29) is 5.91 Å². The van der Waals surface area contributed by atoms with Gasteiger partial charge in [0.15, 0.2) is 6.54 Å². The molecule has 1 amide bonds. The summed E-state index contributed by atoms with van der Waals surface area (Å²) in [5.74, 6) is 0.848. The summed E-state index contributed by atoms with van der Waals surface area (Å²) in [6, 6.07) is 14.1. The zero-order valence-electron chi connectivity index (χ0n) is 15.8. The molecule has 0 radical (unpaired) electrons. The highest BCUT2D eigenvalue weighted by Crippen LogP contribution is 2.18. The molecule has 1 aliphatic rings. The fourth-order valence-electron chi connectivity index (χ4n) is 3.29. The molecule has 1 heterocycles. The Kier molecular flexibility index (Phi) is 5.78. The summed E-state index contributed by atoms with van der Waals surface area (Å²) in [6.45, 7) is 8.71. The molecule has 0 aliphatic carbocycles. The number of carbonyl (C=O) groups is 1. The van der Waals surface area contributed by atoms with Crippen LogP contribution in [-0.2, 0) is 4.79 Å². The van der Waals surface area contributed by atoms with E-state index in [1.54, 1.807) is 7.11 Å². The SMILES string of the molecule is COc1ccc(NC(=O)C[NH+]2CCN(c3ccc(C)c(C)c3)CC2)cc1. The molecule has 0 spiro atoms. The zero-order chi connectivity index (χ0) is 18.5. The number of nitrogens with zero attached hydrogens (tertiary/aromatic N) is 1. The Hall–Kier alpha value is -2.53. The van der Waals surface area contributed by atoms with Gasteiger partial charge in [-0.25, -0.2) is 0 Å². The number of methoxy groups -OCH3 is 1. The van der Waals surface area contributed by atoms with E-state index in [9.17, 15) is 4.79 Å². The first-order valence-corrected chi connectivity index (χ1v) is 9.15. The minimum absolute atomic E-state index is 0.0600. The van der Waals surface area contributed by atoms with Crippen LogP contribution in [-0.4, -0.2) is 45.7 Å². The molecule has 2 aromatic carbocycles. The maximum absolute atomic E-state index is 12.3. The van der Waals surface area contributed by atoms with Gasteiger partial charge in [0.25, 0.3) is 5.91 Å². The molecule has 5 nitrogen and oxygen atoms in total. The molecule has 1 aliphatic heterocycles. The predicted octanol–water partition coefficient (Wildman–Crippen LogP) is 1.66. The largest absolute Gasteiger partial charge is 0.497 e. The van der Waals surface area contributed by atoms with Crippen molar-refractivity contribution in [1.82, 2.24) is 0 Å². The number of quaternary nitrogens is 1. The third-order valence-corrected chi connectivity index (χ3v) is 5.11. The van der Waals surface area contributed by atoms with Crippen molar-refractivity contribution in [1.29, 1.82) is 0 Å². The number of aryl methyl sites for hydroxylation is 2. The highest BCUT2D eigenvalue weighted by Gasteiger charge is 2.22. The first-order chi connectivity index (χ1) is 12.5. The van der Waals surface area contributed by atoms with E-state index < -0.39 is 0 Å². The molecule has 0 saturated carbocycles. The number of hydrogen-bond acceptors (Lipinski definition) is 3. The van der Waals surface area contributed by atoms with Gasteiger partial charge >= 0.3 is 0 Å². The van der Waals surface area contributed by atoms with Crippen LogP contribution < -0.4 is 19.9 Å². The van der Waals surface area contributed by atoms with Crippen LogP contribution in [0.5, 0.6) is 5.75 Å². The Morgan fingerprint density at radius 3 is 2.38 bits per heavy atom. The van der Waals surface area contributed by atoms with Crippen LogP contribution in [0.2, 0.25) is 0 Å². The monoisotopic (exact) mass is 354 g/mol. The van der Waals surface area contributed by atoms with Gasteiger partial charge in [0.1, 0.15) is 5.75 Å². The van der Waals surface area contributed by atoms with Crippen molar-refractivity contribution in [2.75, 3.05) is 50.1 Å². The van der Waals surface area contributed by atoms with Gasteiger partial charge < -0.3 is 19.9 Å². The molecule has 1 saturated heterocycles. The van der Waals surface area contributed by atoms with Crippen molar-refractivity contribution in [2.24, 2.45) is 0 Å². The van der Waals surface area contributed by atoms with Crippen LogP contribution in [0.4, 0.5) is 11.4 Å². The predicted molar refractivity (Wildman–Crippen MR) is 105 cm³/mol. The third kappa shape index (κ3) is 4.55. The first kappa shape index (κ1) is 18.3. The summed E-state index contributed by atoms with van der Waals surface area (Å²) >= 11 is 0. The normalized spacial score (nSPS) is 15.0. The summed E-state index contributed by atoms with van der Waals surface area (Å²) in [4.78, 5) is 16.0. The van der Waals surface area contributed by atoms with Gasteiger partial charge in [0.2, 0.25) is 0 Å². The number of rotatable bonds is 5. The van der Waals surface area contributed by atoms with Gasteiger partial charge in [0, 0.05) is 11.4 Å². The molecule has 2 aromatic rings. The summed E-state index contributed by atoms with van der Waals surface area (Å²) in [5.41, 5.74) is 4.75. The number of anilines is 2. The smallest absolute Gasteiger partial charge is 0.279 e. The minimum atomic E-state index is 0.0600. The van der Waals surface area contributed by atoms with E-state index in [0.717, 1.165) is 37.6 Å². The second-order valence-electron chi connectivity index (χ2n) is 6.96. The van der Waals surface area contributed by atoms with E-state index in [2.05, 4.69) is 42.3 Å². The maximum Gasteiger partial charge on any atom is 0.279 e. The van der Waals surface area contributed by atoms with Crippen molar-refractivity contribution in [3.8, 4) is 5.75 Å². The van der Waals surface area contributed by atoms with Gasteiger partial charge in [-0.3, -0.25) is 4.79 Å². The van der Waals surface area contributed by atoms with Crippen LogP contribution in [0, 0.1) is 13.8 Å². The molecule has 0 atom stereocenters. The van der Waals surface area contributed by atoms with Gasteiger partial charge in [-0.05, 0) is 61.4 Å². The Morgan fingerprint density at radius 1 is 1.08 bits per heavy atom. The second-order valence-corrected chi connectivity index (χ2v) is 6.96. The van der Waals surface area contributed by atoms with Gasteiger partial charge in [-0.15, -0.1) is 0 Å². The molecule has 5 heteroatoms. The molecule has 3 rings (SSSR count). The molecule has 0 unspecified atom stereocenters. The minimum Gasteiger partial charge on any atom is -0.497 e. The van der Waals surface area contributed by atoms with E-state index >= 15 is 0 Å². The number of amides is 1. The number of hydrogen-bond donors (Lipinski definition) is 2. The van der Waals surface area contributed by atoms with Crippen molar-refractivity contribution < 1.29 is 14.4 Å². The summed E-state index contributed by atoms with van der Waals surface area (Å²) in [5, 5.41) is 2.97. The van der Waals surface area contributed by atoms with Crippen LogP contribution in [0.3, 0.4) is 0 Å². The first-order valence-electron chi connectivity index (χ1n) is 9.15. The van der Waals surface area contributed by atoms with E-state index in [1.807, 2.05) is 24.3 Å². The Labute approximate surface area is 155 Å². The fourth-order valence-corrected chi connectivity index (χ4v) is 3.29. The van der Waals surface area contributed by atoms with Crippen LogP contribution >= 0.6 is 0 Å². The average molecular weight is 354 g/mol. The van der Waals surface area contributed by atoms with Crippen molar-refractivity contribution in [3.05, 3.63) is 53.6 Å². The number of nitrogens with one attached hydrogen (secondary N) is 2. The zero-order valence-corrected chi connectivity index (χ0v) is 15.8. The Morgan fingerprint density at radius 2 is 1.77 bits per heavy atom. The third-order valence-electron chi connectivity index (χ3n) is 5.11. The van der Waals surface area contributed by atoms with E-state index in [4.69, 9.17) is 4.74 Å². The number of carbonyl (C=O) groups excluding carboxylic acids is 1. The quantitative estimate of drug-likeness (QED) is 0.858. The van der Waals surface area contributed by atoms with Gasteiger partial charge in [0.05, 0.1) is 33.3 Å². The van der Waals surface area contributed by atoms with E-state index in [0.29, 0.717) is 6.54 Å². The molecule has 138 valence electrons. The van der Waals surface area contributed by atoms with Gasteiger partial charge in [-0.2, -0.15) is 0 Å². The standard InChI is InChI=1S/C21H27N3O2/c1-16-4-7-19(14-17(16)2)24-12-10-23(11-13-24)15-21(25)22-18-5-8-20(26-3)9-6-18/h4-9,14H,10-13,15H2,1-3H3,(H,22,25)/p+1. The van der Waals surface area contributed by atoms with Crippen molar-refractivity contribution >= 4 is 17.3 Å². The number of benzene rings is 2. The molecule has 2 N–H and O–H groups in total. The summed E-state index contributed by atoms with van der Waals surface area (Å²) in [6.07, 6.45) is 0. The lowest BCUT2D eigenvalue weighted by molar-refractivity contribution is -0.892. The second kappa shape index (κ2) is 8.23. The van der Waals surface area contributed by atoms with Crippen LogP contribution in [0.25, 0.3) is 0 Å². The summed E-state index contributed by atoms with van der Waals surface area (Å²) in [7, 11) is 1.63. The van der Waals surface area contributed by atoms with Crippen molar-refractivity contribution in [2.45, 2.75) is 13.8 Å².